The molecule has 3 aliphatic rings. The van der Waals surface area contributed by atoms with Crippen LogP contribution in [0.5, 0.6) is 0 Å². The molecule has 17 heavy (non-hydrogen) atoms. The zero-order valence-electron chi connectivity index (χ0n) is 11.5. The summed E-state index contributed by atoms with van der Waals surface area (Å²) in [4.78, 5) is 10.8. The Morgan fingerprint density at radius 3 is 2.76 bits per heavy atom. The number of hydrogen-bond donors (Lipinski definition) is 0. The third kappa shape index (κ3) is 1.18. The molecule has 0 bridgehead atoms. The minimum absolute atomic E-state index is 0.459. The van der Waals surface area contributed by atoms with Gasteiger partial charge in [0.15, 0.2) is 0 Å². The monoisotopic (exact) mass is 232 g/mol. The highest BCUT2D eigenvalue weighted by Crippen LogP contribution is 2.84. The van der Waals surface area contributed by atoms with Gasteiger partial charge in [0.25, 0.3) is 0 Å². The van der Waals surface area contributed by atoms with Crippen molar-refractivity contribution in [3.8, 4) is 0 Å². The minimum Gasteiger partial charge on any atom is -0.298 e. The van der Waals surface area contributed by atoms with E-state index in [1.165, 1.54) is 12.8 Å². The first-order valence-corrected chi connectivity index (χ1v) is 7.07. The van der Waals surface area contributed by atoms with E-state index >= 15 is 0 Å². The van der Waals surface area contributed by atoms with Crippen molar-refractivity contribution < 1.29 is 4.79 Å². The lowest BCUT2D eigenvalue weighted by Gasteiger charge is -2.58. The molecule has 94 valence electrons. The van der Waals surface area contributed by atoms with Gasteiger partial charge in [0, 0.05) is 0 Å². The Morgan fingerprint density at radius 1 is 1.41 bits per heavy atom. The van der Waals surface area contributed by atoms with Gasteiger partial charge in [-0.3, -0.25) is 4.79 Å². The van der Waals surface area contributed by atoms with Gasteiger partial charge in [-0.25, -0.2) is 0 Å². The number of carbonyl (C=O) groups is 1. The molecule has 0 aromatic rings. The molecule has 0 radical (unpaired) electrons. The molecular weight excluding hydrogens is 208 g/mol. The Kier molecular flexibility index (Phi) is 2.19. The third-order valence-corrected chi connectivity index (χ3v) is 6.52. The van der Waals surface area contributed by atoms with Gasteiger partial charge in [0.1, 0.15) is 6.29 Å². The summed E-state index contributed by atoms with van der Waals surface area (Å²) >= 11 is 0. The second-order valence-electron chi connectivity index (χ2n) is 7.29. The van der Waals surface area contributed by atoms with Crippen LogP contribution in [0.25, 0.3) is 0 Å². The first-order chi connectivity index (χ1) is 7.95. The van der Waals surface area contributed by atoms with Crippen molar-refractivity contribution in [2.75, 3.05) is 0 Å². The molecule has 0 aromatic heterocycles. The molecule has 0 saturated heterocycles. The fraction of sp³-hybridized carbons (Fsp3) is 0.812. The molecule has 0 amide bonds. The van der Waals surface area contributed by atoms with Crippen LogP contribution < -0.4 is 0 Å². The van der Waals surface area contributed by atoms with Gasteiger partial charge in [-0.05, 0) is 66.3 Å². The fourth-order valence-corrected chi connectivity index (χ4v) is 5.51. The molecule has 0 heterocycles. The summed E-state index contributed by atoms with van der Waals surface area (Å²) in [5.41, 5.74) is 1.87. The van der Waals surface area contributed by atoms with Crippen LogP contribution in [-0.4, -0.2) is 6.29 Å². The van der Waals surface area contributed by atoms with E-state index in [0.717, 1.165) is 42.0 Å². The first kappa shape index (κ1) is 11.5. The summed E-state index contributed by atoms with van der Waals surface area (Å²) in [6, 6.07) is 0. The molecule has 0 N–H and O–H groups in total. The van der Waals surface area contributed by atoms with Crippen LogP contribution in [0, 0.1) is 34.5 Å². The molecule has 0 spiro atoms. The van der Waals surface area contributed by atoms with Crippen LogP contribution in [0.4, 0.5) is 0 Å². The maximum absolute atomic E-state index is 10.8. The van der Waals surface area contributed by atoms with Crippen molar-refractivity contribution in [3.05, 3.63) is 11.6 Å². The number of fused-ring (bicyclic) bond motifs is 1. The smallest absolute Gasteiger partial charge is 0.145 e. The summed E-state index contributed by atoms with van der Waals surface area (Å²) in [6.45, 7) is 9.31. The molecule has 0 aromatic carbocycles. The van der Waals surface area contributed by atoms with Crippen LogP contribution in [0.1, 0.15) is 47.0 Å². The van der Waals surface area contributed by atoms with Gasteiger partial charge in [-0.1, -0.05) is 26.8 Å². The Morgan fingerprint density at radius 2 is 2.12 bits per heavy atom. The lowest BCUT2D eigenvalue weighted by molar-refractivity contribution is -0.105. The topological polar surface area (TPSA) is 17.1 Å². The predicted molar refractivity (Wildman–Crippen MR) is 69.5 cm³/mol. The minimum atomic E-state index is 0.459. The molecule has 1 heteroatoms. The van der Waals surface area contributed by atoms with Crippen molar-refractivity contribution in [1.82, 2.24) is 0 Å². The lowest BCUT2D eigenvalue weighted by atomic mass is 9.46. The summed E-state index contributed by atoms with van der Waals surface area (Å²) in [5.74, 6) is 3.91. The van der Waals surface area contributed by atoms with Crippen LogP contribution in [0.3, 0.4) is 0 Å². The number of aldehydes is 1. The van der Waals surface area contributed by atoms with Gasteiger partial charge in [-0.2, -0.15) is 0 Å². The van der Waals surface area contributed by atoms with Gasteiger partial charge in [0.05, 0.1) is 0 Å². The average Bonchev–Trinajstić information content (AvgIpc) is 2.98. The predicted octanol–water partition coefficient (Wildman–Crippen LogP) is 3.84. The molecule has 3 aliphatic carbocycles. The summed E-state index contributed by atoms with van der Waals surface area (Å²) < 4.78 is 0. The Hall–Kier alpha value is -0.590. The molecule has 5 atom stereocenters. The highest BCUT2D eigenvalue weighted by atomic mass is 16.1. The Bertz CT molecular complexity index is 379. The highest BCUT2D eigenvalue weighted by Gasteiger charge is 2.79. The van der Waals surface area contributed by atoms with Crippen molar-refractivity contribution in [2.24, 2.45) is 34.5 Å². The van der Waals surface area contributed by atoms with E-state index in [4.69, 9.17) is 0 Å². The maximum Gasteiger partial charge on any atom is 0.145 e. The second-order valence-corrected chi connectivity index (χ2v) is 7.29. The number of rotatable bonds is 3. The summed E-state index contributed by atoms with van der Waals surface area (Å²) in [6.07, 6.45) is 7.15. The largest absolute Gasteiger partial charge is 0.298 e. The number of carbonyl (C=O) groups excluding carboxylic acids is 1. The standard InChI is InChI=1S/C16H24O/c1-10(9-17)5-8-16-11(2)13-12(14(13)16)6-7-15(16,3)4/h5,9,11-14H,6-8H2,1-4H3/b10-5+/t11?,12?,13-,14+,16?/m0/s1. The van der Waals surface area contributed by atoms with Gasteiger partial charge >= 0.3 is 0 Å². The highest BCUT2D eigenvalue weighted by molar-refractivity contribution is 5.72. The zero-order chi connectivity index (χ0) is 12.4. The Labute approximate surface area is 105 Å². The van der Waals surface area contributed by atoms with Crippen LogP contribution in [0.15, 0.2) is 11.6 Å². The van der Waals surface area contributed by atoms with E-state index in [1.54, 1.807) is 0 Å². The van der Waals surface area contributed by atoms with Crippen molar-refractivity contribution in [2.45, 2.75) is 47.0 Å². The fourth-order valence-electron chi connectivity index (χ4n) is 5.51. The molecular formula is C16H24O. The van der Waals surface area contributed by atoms with Crippen molar-refractivity contribution >= 4 is 6.29 Å². The first-order valence-electron chi connectivity index (χ1n) is 7.07. The summed E-state index contributed by atoms with van der Waals surface area (Å²) in [5, 5.41) is 0. The van der Waals surface area contributed by atoms with E-state index in [9.17, 15) is 4.79 Å². The summed E-state index contributed by atoms with van der Waals surface area (Å²) in [7, 11) is 0. The van der Waals surface area contributed by atoms with E-state index in [-0.39, 0.29) is 0 Å². The van der Waals surface area contributed by atoms with Crippen LogP contribution in [-0.2, 0) is 4.79 Å². The van der Waals surface area contributed by atoms with Gasteiger partial charge < -0.3 is 0 Å². The molecule has 3 unspecified atom stereocenters. The number of allylic oxidation sites excluding steroid dienone is 2. The van der Waals surface area contributed by atoms with Crippen LogP contribution >= 0.6 is 0 Å². The van der Waals surface area contributed by atoms with Gasteiger partial charge in [-0.15, -0.1) is 0 Å². The van der Waals surface area contributed by atoms with E-state index < -0.39 is 0 Å². The lowest BCUT2D eigenvalue weighted by Crippen LogP contribution is -2.52. The Balaban J connectivity index is 1.90. The van der Waals surface area contributed by atoms with Crippen molar-refractivity contribution in [1.29, 1.82) is 0 Å². The maximum atomic E-state index is 10.8. The normalized spacial score (nSPS) is 50.2. The van der Waals surface area contributed by atoms with Gasteiger partial charge in [0.2, 0.25) is 0 Å². The zero-order valence-corrected chi connectivity index (χ0v) is 11.5. The van der Waals surface area contributed by atoms with Crippen molar-refractivity contribution in [3.63, 3.8) is 0 Å². The van der Waals surface area contributed by atoms with E-state index in [2.05, 4.69) is 26.8 Å². The quantitative estimate of drug-likeness (QED) is 0.534. The average molecular weight is 232 g/mol. The van der Waals surface area contributed by atoms with Crippen LogP contribution in [0.2, 0.25) is 0 Å². The third-order valence-electron chi connectivity index (χ3n) is 6.52. The molecule has 0 aliphatic heterocycles. The number of hydrogen-bond acceptors (Lipinski definition) is 1. The van der Waals surface area contributed by atoms with E-state index in [1.807, 2.05) is 6.92 Å². The van der Waals surface area contributed by atoms with E-state index in [0.29, 0.717) is 10.8 Å². The molecule has 3 saturated carbocycles. The molecule has 1 nitrogen and oxygen atoms in total. The molecule has 3 fully saturated rings. The SMILES string of the molecule is C/C(C=O)=C\CC12C(C)[C@H]3C(CCC1(C)C)[C@H]32. The molecule has 3 rings (SSSR count). The second kappa shape index (κ2) is 3.24.